The maximum Gasteiger partial charge on any atom is 0.295 e. The minimum absolute atomic E-state index is 0.126. The highest BCUT2D eigenvalue weighted by atomic mass is 79.9. The highest BCUT2D eigenvalue weighted by Gasteiger charge is 2.45. The molecule has 3 aromatic carbocycles. The van der Waals surface area contributed by atoms with Crippen molar-refractivity contribution in [2.75, 3.05) is 6.54 Å². The van der Waals surface area contributed by atoms with Crippen LogP contribution < -0.4 is 0 Å². The zero-order chi connectivity index (χ0) is 21.1. The van der Waals surface area contributed by atoms with Gasteiger partial charge in [0.1, 0.15) is 5.76 Å². The van der Waals surface area contributed by atoms with Crippen molar-refractivity contribution in [3.05, 3.63) is 112 Å². The molecule has 1 aliphatic heterocycles. The summed E-state index contributed by atoms with van der Waals surface area (Å²) in [4.78, 5) is 27.5. The van der Waals surface area contributed by atoms with E-state index >= 15 is 0 Å². The molecule has 0 radical (unpaired) electrons. The number of aliphatic hydroxyl groups excluding tert-OH is 1. The lowest BCUT2D eigenvalue weighted by atomic mass is 9.95. The minimum atomic E-state index is -0.655. The number of rotatable bonds is 5. The lowest BCUT2D eigenvalue weighted by Gasteiger charge is -2.25. The van der Waals surface area contributed by atoms with Gasteiger partial charge in [-0.3, -0.25) is 9.59 Å². The van der Waals surface area contributed by atoms with Crippen LogP contribution in [0, 0.1) is 0 Å². The molecule has 0 bridgehead atoms. The second kappa shape index (κ2) is 8.67. The quantitative estimate of drug-likeness (QED) is 0.326. The molecule has 1 amide bonds. The van der Waals surface area contributed by atoms with Crippen LogP contribution in [-0.2, 0) is 16.0 Å². The fraction of sp³-hybridized carbons (Fsp3) is 0.120. The second-order valence-electron chi connectivity index (χ2n) is 7.15. The Morgan fingerprint density at radius 3 is 2.10 bits per heavy atom. The molecule has 1 atom stereocenters. The van der Waals surface area contributed by atoms with E-state index in [1.165, 1.54) is 0 Å². The minimum Gasteiger partial charge on any atom is -0.507 e. The number of benzene rings is 3. The van der Waals surface area contributed by atoms with Crippen LogP contribution in [0.2, 0.25) is 0 Å². The van der Waals surface area contributed by atoms with Crippen molar-refractivity contribution in [1.29, 1.82) is 0 Å². The number of nitrogens with zero attached hydrogens (tertiary/aromatic N) is 1. The summed E-state index contributed by atoms with van der Waals surface area (Å²) in [6.45, 7) is 0.376. The van der Waals surface area contributed by atoms with Crippen molar-refractivity contribution in [2.24, 2.45) is 0 Å². The van der Waals surface area contributed by atoms with Crippen LogP contribution in [0.5, 0.6) is 0 Å². The predicted octanol–water partition coefficient (Wildman–Crippen LogP) is 5.11. The molecule has 0 aromatic heterocycles. The standard InChI is InChI=1S/C25H20BrNO3/c26-20-13-11-18(12-14-20)22-21(23(28)19-9-5-2-6-10-19)24(29)25(30)27(22)16-15-17-7-3-1-4-8-17/h1-14,22,28H,15-16H2/t22-/m1/s1. The summed E-state index contributed by atoms with van der Waals surface area (Å²) in [5, 5.41) is 11.0. The first-order valence-corrected chi connectivity index (χ1v) is 10.5. The summed E-state index contributed by atoms with van der Waals surface area (Å²) < 4.78 is 0.899. The van der Waals surface area contributed by atoms with Gasteiger partial charge in [-0.15, -0.1) is 0 Å². The molecule has 150 valence electrons. The summed E-state index contributed by atoms with van der Waals surface area (Å²) in [6.07, 6.45) is 0.617. The van der Waals surface area contributed by atoms with E-state index in [1.807, 2.05) is 60.7 Å². The molecule has 30 heavy (non-hydrogen) atoms. The first kappa shape index (κ1) is 20.1. The fourth-order valence-electron chi connectivity index (χ4n) is 3.75. The van der Waals surface area contributed by atoms with E-state index in [-0.39, 0.29) is 11.3 Å². The Kier molecular flexibility index (Phi) is 5.81. The maximum absolute atomic E-state index is 13.0. The van der Waals surface area contributed by atoms with Gasteiger partial charge in [0.05, 0.1) is 11.6 Å². The molecule has 0 saturated carbocycles. The highest BCUT2D eigenvalue weighted by molar-refractivity contribution is 9.10. The largest absolute Gasteiger partial charge is 0.507 e. The van der Waals surface area contributed by atoms with Gasteiger partial charge in [-0.25, -0.2) is 0 Å². The van der Waals surface area contributed by atoms with Crippen molar-refractivity contribution in [2.45, 2.75) is 12.5 Å². The van der Waals surface area contributed by atoms with E-state index in [2.05, 4.69) is 15.9 Å². The van der Waals surface area contributed by atoms with E-state index in [9.17, 15) is 14.7 Å². The fourth-order valence-corrected chi connectivity index (χ4v) is 4.01. The Hall–Kier alpha value is -3.18. The maximum atomic E-state index is 13.0. The van der Waals surface area contributed by atoms with E-state index in [1.54, 1.807) is 29.2 Å². The smallest absolute Gasteiger partial charge is 0.295 e. The van der Waals surface area contributed by atoms with Gasteiger partial charge < -0.3 is 10.0 Å². The van der Waals surface area contributed by atoms with Crippen LogP contribution in [0.3, 0.4) is 0 Å². The third kappa shape index (κ3) is 3.94. The summed E-state index contributed by atoms with van der Waals surface area (Å²) in [6, 6.07) is 25.5. The number of hydrogen-bond acceptors (Lipinski definition) is 3. The first-order chi connectivity index (χ1) is 14.6. The van der Waals surface area contributed by atoms with Crippen molar-refractivity contribution in [3.8, 4) is 0 Å². The van der Waals surface area contributed by atoms with Crippen LogP contribution in [0.15, 0.2) is 95.0 Å². The van der Waals surface area contributed by atoms with Crippen LogP contribution in [-0.4, -0.2) is 28.2 Å². The average Bonchev–Trinajstić information content (AvgIpc) is 3.04. The zero-order valence-corrected chi connectivity index (χ0v) is 17.7. The van der Waals surface area contributed by atoms with Crippen LogP contribution in [0.25, 0.3) is 5.76 Å². The number of aliphatic hydroxyl groups is 1. The number of likely N-dealkylation sites (tertiary alicyclic amines) is 1. The van der Waals surface area contributed by atoms with Gasteiger partial charge in [0.25, 0.3) is 11.7 Å². The third-order valence-electron chi connectivity index (χ3n) is 5.26. The van der Waals surface area contributed by atoms with Crippen molar-refractivity contribution in [1.82, 2.24) is 4.90 Å². The van der Waals surface area contributed by atoms with Gasteiger partial charge in [-0.2, -0.15) is 0 Å². The van der Waals surface area contributed by atoms with Crippen molar-refractivity contribution in [3.63, 3.8) is 0 Å². The molecule has 1 heterocycles. The normalized spacial score (nSPS) is 18.0. The molecule has 4 nitrogen and oxygen atoms in total. The van der Waals surface area contributed by atoms with Gasteiger partial charge in [-0.05, 0) is 29.7 Å². The van der Waals surface area contributed by atoms with E-state index < -0.39 is 17.7 Å². The third-order valence-corrected chi connectivity index (χ3v) is 5.79. The molecule has 0 spiro atoms. The lowest BCUT2D eigenvalue weighted by Crippen LogP contribution is -2.31. The molecule has 1 fully saturated rings. The summed E-state index contributed by atoms with van der Waals surface area (Å²) in [5.74, 6) is -1.39. The molecule has 1 aliphatic rings. The average molecular weight is 462 g/mol. The molecular weight excluding hydrogens is 442 g/mol. The Bertz CT molecular complexity index is 1090. The molecule has 1 N–H and O–H groups in total. The van der Waals surface area contributed by atoms with E-state index in [4.69, 9.17) is 0 Å². The van der Waals surface area contributed by atoms with E-state index in [0.717, 1.165) is 15.6 Å². The molecule has 0 aliphatic carbocycles. The van der Waals surface area contributed by atoms with Crippen molar-refractivity contribution >= 4 is 33.4 Å². The Labute approximate surface area is 183 Å². The monoisotopic (exact) mass is 461 g/mol. The number of hydrogen-bond donors (Lipinski definition) is 1. The number of amides is 1. The van der Waals surface area contributed by atoms with Crippen molar-refractivity contribution < 1.29 is 14.7 Å². The summed E-state index contributed by atoms with van der Waals surface area (Å²) in [5.41, 5.74) is 2.50. The predicted molar refractivity (Wildman–Crippen MR) is 120 cm³/mol. The van der Waals surface area contributed by atoms with Crippen LogP contribution in [0.4, 0.5) is 0 Å². The SMILES string of the molecule is O=C1C(=O)N(CCc2ccccc2)[C@H](c2ccc(Br)cc2)C1=C(O)c1ccccc1. The van der Waals surface area contributed by atoms with E-state index in [0.29, 0.717) is 18.5 Å². The van der Waals surface area contributed by atoms with Gasteiger partial charge in [0.15, 0.2) is 0 Å². The van der Waals surface area contributed by atoms with Crippen LogP contribution >= 0.6 is 15.9 Å². The Morgan fingerprint density at radius 1 is 0.867 bits per heavy atom. The Morgan fingerprint density at radius 2 is 1.47 bits per heavy atom. The summed E-state index contributed by atoms with van der Waals surface area (Å²) >= 11 is 3.43. The lowest BCUT2D eigenvalue weighted by molar-refractivity contribution is -0.139. The van der Waals surface area contributed by atoms with Gasteiger partial charge in [0, 0.05) is 16.6 Å². The number of carbonyl (C=O) groups excluding carboxylic acids is 2. The molecule has 5 heteroatoms. The molecule has 0 unspecified atom stereocenters. The van der Waals surface area contributed by atoms with Gasteiger partial charge in [0.2, 0.25) is 0 Å². The number of Topliss-reactive ketones (excluding diaryl/α,β-unsaturated/α-hetero) is 1. The number of halogens is 1. The number of ketones is 1. The van der Waals surface area contributed by atoms with Gasteiger partial charge >= 0.3 is 0 Å². The highest BCUT2D eigenvalue weighted by Crippen LogP contribution is 2.39. The molecular formula is C25H20BrNO3. The first-order valence-electron chi connectivity index (χ1n) is 9.69. The number of carbonyl (C=O) groups is 2. The topological polar surface area (TPSA) is 57.6 Å². The summed E-state index contributed by atoms with van der Waals surface area (Å²) in [7, 11) is 0. The second-order valence-corrected chi connectivity index (χ2v) is 8.06. The Balaban J connectivity index is 1.78. The van der Waals surface area contributed by atoms with Crippen LogP contribution in [0.1, 0.15) is 22.7 Å². The molecule has 1 saturated heterocycles. The zero-order valence-electron chi connectivity index (χ0n) is 16.2. The molecule has 3 aromatic rings. The molecule has 4 rings (SSSR count). The van der Waals surface area contributed by atoms with Gasteiger partial charge in [-0.1, -0.05) is 88.7 Å².